The van der Waals surface area contributed by atoms with E-state index in [0.717, 1.165) is 57.9 Å². The summed E-state index contributed by atoms with van der Waals surface area (Å²) in [5, 5.41) is 9.99. The molecule has 8 heteroatoms. The fourth-order valence-corrected chi connectivity index (χ4v) is 3.71. The van der Waals surface area contributed by atoms with Gasteiger partial charge in [-0.3, -0.25) is 24.3 Å². The van der Waals surface area contributed by atoms with E-state index in [9.17, 15) is 4.79 Å². The Morgan fingerprint density at radius 1 is 1.18 bits per heavy atom. The van der Waals surface area contributed by atoms with Crippen LogP contribution in [0.25, 0.3) is 0 Å². The number of H-pyrrole nitrogens is 1. The lowest BCUT2D eigenvalue weighted by atomic mass is 10.2. The summed E-state index contributed by atoms with van der Waals surface area (Å²) < 4.78 is 2.30. The normalized spacial score (nSPS) is 15.6. The van der Waals surface area contributed by atoms with Gasteiger partial charge in [0.2, 0.25) is 5.91 Å². The predicted octanol–water partition coefficient (Wildman–Crippen LogP) is 1.83. The Kier molecular flexibility index (Phi) is 7.76. The van der Waals surface area contributed by atoms with Crippen molar-refractivity contribution in [3.05, 3.63) is 46.5 Å². The Hall–Kier alpha value is -2.03. The zero-order valence-electron chi connectivity index (χ0n) is 16.6. The quantitative estimate of drug-likeness (QED) is 0.627. The fraction of sp³-hybridized carbons (Fsp3) is 0.550. The zero-order chi connectivity index (χ0) is 19.8. The van der Waals surface area contributed by atoms with E-state index in [-0.39, 0.29) is 12.5 Å². The lowest BCUT2D eigenvalue weighted by Gasteiger charge is -2.34. The first-order chi connectivity index (χ1) is 13.7. The zero-order valence-corrected chi connectivity index (χ0v) is 17.4. The van der Waals surface area contributed by atoms with Gasteiger partial charge >= 0.3 is 0 Å². The molecule has 1 aliphatic heterocycles. The largest absolute Gasteiger partial charge is 0.353 e. The Balaban J connectivity index is 1.35. The third-order valence-electron chi connectivity index (χ3n) is 5.08. The van der Waals surface area contributed by atoms with Gasteiger partial charge in [-0.05, 0) is 24.2 Å². The molecule has 1 fully saturated rings. The lowest BCUT2D eigenvalue weighted by molar-refractivity contribution is -0.121. The van der Waals surface area contributed by atoms with Gasteiger partial charge < -0.3 is 5.32 Å². The van der Waals surface area contributed by atoms with Crippen LogP contribution >= 0.6 is 12.2 Å². The minimum absolute atomic E-state index is 0.0161. The summed E-state index contributed by atoms with van der Waals surface area (Å²) in [5.41, 5.74) is 1.36. The molecule has 1 aromatic heterocycles. The highest BCUT2D eigenvalue weighted by Gasteiger charge is 2.17. The molecule has 0 atom stereocenters. The van der Waals surface area contributed by atoms with Crippen molar-refractivity contribution < 1.29 is 4.79 Å². The first-order valence-electron chi connectivity index (χ1n) is 10.0. The lowest BCUT2D eigenvalue weighted by Crippen LogP contribution is -2.48. The molecule has 0 spiro atoms. The van der Waals surface area contributed by atoms with E-state index in [1.165, 1.54) is 5.56 Å². The van der Waals surface area contributed by atoms with Crippen LogP contribution in [0.3, 0.4) is 0 Å². The number of carbonyl (C=O) groups excluding carboxylic acids is 1. The van der Waals surface area contributed by atoms with E-state index in [1.54, 1.807) is 4.57 Å². The first kappa shape index (κ1) is 20.7. The molecule has 0 aliphatic carbocycles. The molecule has 0 saturated carbocycles. The third kappa shape index (κ3) is 5.98. The number of carbonyl (C=O) groups is 1. The highest BCUT2D eigenvalue weighted by molar-refractivity contribution is 7.71. The number of hydrogen-bond donors (Lipinski definition) is 2. The topological polar surface area (TPSA) is 69.2 Å². The molecule has 0 radical (unpaired) electrons. The Morgan fingerprint density at radius 3 is 2.61 bits per heavy atom. The summed E-state index contributed by atoms with van der Waals surface area (Å²) in [6, 6.07) is 10.6. The Morgan fingerprint density at radius 2 is 1.89 bits per heavy atom. The molecular formula is C20H30N6OS. The van der Waals surface area contributed by atoms with Crippen LogP contribution in [-0.2, 0) is 24.3 Å². The van der Waals surface area contributed by atoms with E-state index in [1.807, 2.05) is 0 Å². The average Bonchev–Trinajstić information content (AvgIpc) is 3.04. The van der Waals surface area contributed by atoms with Crippen LogP contribution in [-0.4, -0.2) is 69.7 Å². The van der Waals surface area contributed by atoms with E-state index in [4.69, 9.17) is 12.2 Å². The Labute approximate surface area is 171 Å². The van der Waals surface area contributed by atoms with Crippen LogP contribution in [0.15, 0.2) is 30.3 Å². The standard InChI is InChI=1S/C20H30N6OS/c1-2-6-18-22-23-20(28)26(18)16-19(27)21-9-10-24-11-13-25(14-12-24)15-17-7-4-3-5-8-17/h3-5,7-8H,2,6,9-16H2,1H3,(H,21,27)(H,23,28). The van der Waals surface area contributed by atoms with Gasteiger partial charge in [-0.2, -0.15) is 5.10 Å². The summed E-state index contributed by atoms with van der Waals surface area (Å²) in [6.45, 7) is 9.07. The first-order valence-corrected chi connectivity index (χ1v) is 10.5. The molecule has 28 heavy (non-hydrogen) atoms. The number of benzene rings is 1. The minimum Gasteiger partial charge on any atom is -0.353 e. The summed E-state index contributed by atoms with van der Waals surface area (Å²) in [6.07, 6.45) is 1.78. The van der Waals surface area contributed by atoms with Crippen LogP contribution in [0.5, 0.6) is 0 Å². The third-order valence-corrected chi connectivity index (χ3v) is 5.39. The molecule has 152 valence electrons. The van der Waals surface area contributed by atoms with Gasteiger partial charge in [0.15, 0.2) is 4.77 Å². The second-order valence-electron chi connectivity index (χ2n) is 7.23. The molecule has 2 aromatic rings. The second kappa shape index (κ2) is 10.5. The molecule has 3 rings (SSSR count). The van der Waals surface area contributed by atoms with Crippen molar-refractivity contribution in [1.29, 1.82) is 0 Å². The summed E-state index contributed by atoms with van der Waals surface area (Å²) in [5.74, 6) is 0.828. The van der Waals surface area contributed by atoms with Crippen molar-refractivity contribution in [2.45, 2.75) is 32.9 Å². The van der Waals surface area contributed by atoms with Crippen LogP contribution in [0.4, 0.5) is 0 Å². The molecule has 2 heterocycles. The molecular weight excluding hydrogens is 372 g/mol. The number of piperazine rings is 1. The number of amides is 1. The van der Waals surface area contributed by atoms with E-state index < -0.39 is 0 Å². The molecule has 0 bridgehead atoms. The van der Waals surface area contributed by atoms with Crippen LogP contribution < -0.4 is 5.32 Å². The van der Waals surface area contributed by atoms with Crippen molar-refractivity contribution in [3.63, 3.8) is 0 Å². The Bertz CT molecular complexity index is 795. The highest BCUT2D eigenvalue weighted by atomic mass is 32.1. The van der Waals surface area contributed by atoms with Gasteiger partial charge in [-0.25, -0.2) is 0 Å². The van der Waals surface area contributed by atoms with Crippen LogP contribution in [0.1, 0.15) is 24.7 Å². The molecule has 1 amide bonds. The van der Waals surface area contributed by atoms with Gasteiger partial charge in [-0.15, -0.1) is 0 Å². The van der Waals surface area contributed by atoms with E-state index in [0.29, 0.717) is 11.3 Å². The van der Waals surface area contributed by atoms with Crippen LogP contribution in [0, 0.1) is 4.77 Å². The number of aromatic nitrogens is 3. The van der Waals surface area contributed by atoms with Crippen molar-refractivity contribution in [1.82, 2.24) is 29.9 Å². The maximum Gasteiger partial charge on any atom is 0.240 e. The summed E-state index contributed by atoms with van der Waals surface area (Å²) >= 11 is 5.23. The summed E-state index contributed by atoms with van der Waals surface area (Å²) in [4.78, 5) is 17.2. The van der Waals surface area contributed by atoms with Crippen molar-refractivity contribution >= 4 is 18.1 Å². The number of rotatable bonds is 9. The fourth-order valence-electron chi connectivity index (χ4n) is 3.49. The predicted molar refractivity (Wildman–Crippen MR) is 113 cm³/mol. The highest BCUT2D eigenvalue weighted by Crippen LogP contribution is 2.08. The van der Waals surface area contributed by atoms with Crippen molar-refractivity contribution in [2.24, 2.45) is 0 Å². The maximum atomic E-state index is 12.3. The number of nitrogens with zero attached hydrogens (tertiary/aromatic N) is 4. The molecule has 1 aromatic carbocycles. The van der Waals surface area contributed by atoms with Crippen molar-refractivity contribution in [3.8, 4) is 0 Å². The van der Waals surface area contributed by atoms with Gasteiger partial charge in [0, 0.05) is 52.2 Å². The molecule has 0 unspecified atom stereocenters. The van der Waals surface area contributed by atoms with Crippen molar-refractivity contribution in [2.75, 3.05) is 39.3 Å². The van der Waals surface area contributed by atoms with Gasteiger partial charge in [0.05, 0.1) is 0 Å². The molecule has 7 nitrogen and oxygen atoms in total. The smallest absolute Gasteiger partial charge is 0.240 e. The number of aromatic amines is 1. The van der Waals surface area contributed by atoms with Gasteiger partial charge in [-0.1, -0.05) is 37.3 Å². The maximum absolute atomic E-state index is 12.3. The van der Waals surface area contributed by atoms with Gasteiger partial charge in [0.1, 0.15) is 12.4 Å². The average molecular weight is 403 g/mol. The SMILES string of the molecule is CCCc1n[nH]c(=S)n1CC(=O)NCCN1CCN(Cc2ccccc2)CC1. The molecule has 1 saturated heterocycles. The van der Waals surface area contributed by atoms with E-state index >= 15 is 0 Å². The second-order valence-corrected chi connectivity index (χ2v) is 7.62. The van der Waals surface area contributed by atoms with E-state index in [2.05, 4.69) is 62.6 Å². The monoisotopic (exact) mass is 402 g/mol. The number of nitrogens with one attached hydrogen (secondary N) is 2. The number of hydrogen-bond acceptors (Lipinski definition) is 5. The van der Waals surface area contributed by atoms with Crippen LogP contribution in [0.2, 0.25) is 0 Å². The minimum atomic E-state index is -0.0161. The number of aryl methyl sites for hydroxylation is 1. The summed E-state index contributed by atoms with van der Waals surface area (Å²) in [7, 11) is 0. The molecule has 2 N–H and O–H groups in total. The molecule has 1 aliphatic rings. The van der Waals surface area contributed by atoms with Gasteiger partial charge in [0.25, 0.3) is 0 Å².